The fourth-order valence-electron chi connectivity index (χ4n) is 1.96. The lowest BCUT2D eigenvalue weighted by molar-refractivity contribution is -0.118. The van der Waals surface area contributed by atoms with Crippen LogP contribution >= 0.6 is 0 Å². The molecule has 1 atom stereocenters. The van der Waals surface area contributed by atoms with Gasteiger partial charge < -0.3 is 5.32 Å². The van der Waals surface area contributed by atoms with Gasteiger partial charge in [0.2, 0.25) is 5.91 Å². The van der Waals surface area contributed by atoms with Crippen molar-refractivity contribution in [2.75, 3.05) is 18.0 Å². The van der Waals surface area contributed by atoms with E-state index in [9.17, 15) is 4.79 Å². The number of nitrogens with one attached hydrogen (secondary N) is 1. The molecule has 0 saturated carbocycles. The number of hydrogen-bond acceptors (Lipinski definition) is 3. The van der Waals surface area contributed by atoms with E-state index in [-0.39, 0.29) is 11.9 Å². The van der Waals surface area contributed by atoms with E-state index in [0.717, 1.165) is 31.7 Å². The Morgan fingerprint density at radius 3 is 3.06 bits per heavy atom. The molecule has 5 heteroatoms. The van der Waals surface area contributed by atoms with Gasteiger partial charge in [-0.2, -0.15) is 5.10 Å². The molecule has 2 rings (SSSR count). The number of rotatable bonds is 4. The van der Waals surface area contributed by atoms with E-state index in [1.165, 1.54) is 0 Å². The molecule has 0 aromatic carbocycles. The topological polar surface area (TPSA) is 50.2 Å². The summed E-state index contributed by atoms with van der Waals surface area (Å²) in [4.78, 5) is 13.8. The lowest BCUT2D eigenvalue weighted by Crippen LogP contribution is -2.38. The highest BCUT2D eigenvalue weighted by atomic mass is 16.2. The molecule has 88 valence electrons. The minimum absolute atomic E-state index is 0.0260. The first-order valence-corrected chi connectivity index (χ1v) is 5.76. The third-order valence-corrected chi connectivity index (χ3v) is 2.82. The van der Waals surface area contributed by atoms with E-state index < -0.39 is 0 Å². The number of nitrogens with zero attached hydrogens (tertiary/aromatic N) is 3. The van der Waals surface area contributed by atoms with Gasteiger partial charge in [-0.15, -0.1) is 0 Å². The molecular formula is C11H18N4O. The summed E-state index contributed by atoms with van der Waals surface area (Å²) >= 11 is 0. The number of carbonyl (C=O) groups excluding carboxylic acids is 1. The zero-order valence-electron chi connectivity index (χ0n) is 9.81. The molecule has 1 aliphatic heterocycles. The van der Waals surface area contributed by atoms with Crippen LogP contribution in [-0.4, -0.2) is 34.8 Å². The van der Waals surface area contributed by atoms with E-state index in [0.29, 0.717) is 0 Å². The summed E-state index contributed by atoms with van der Waals surface area (Å²) < 4.78 is 1.72. The molecule has 1 fully saturated rings. The van der Waals surface area contributed by atoms with Crippen molar-refractivity contribution in [3.05, 3.63) is 12.3 Å². The Bertz CT molecular complexity index is 374. The summed E-state index contributed by atoms with van der Waals surface area (Å²) in [6, 6.07) is 1.85. The monoisotopic (exact) mass is 222 g/mol. The maximum Gasteiger partial charge on any atom is 0.245 e. The quantitative estimate of drug-likeness (QED) is 0.808. The number of hydrogen-bond donors (Lipinski definition) is 1. The van der Waals surface area contributed by atoms with Crippen LogP contribution in [0.1, 0.15) is 19.8 Å². The SMILES string of the molecule is CCCNC1CCN(c2ccn(C)n2)C1=O. The maximum absolute atomic E-state index is 12.0. The highest BCUT2D eigenvalue weighted by molar-refractivity contribution is 5.98. The second-order valence-electron chi connectivity index (χ2n) is 4.13. The highest BCUT2D eigenvalue weighted by Gasteiger charge is 2.32. The minimum atomic E-state index is -0.0260. The molecule has 5 nitrogen and oxygen atoms in total. The summed E-state index contributed by atoms with van der Waals surface area (Å²) in [6.07, 6.45) is 3.78. The first-order valence-electron chi connectivity index (χ1n) is 5.76. The second kappa shape index (κ2) is 4.65. The predicted molar refractivity (Wildman–Crippen MR) is 62.3 cm³/mol. The van der Waals surface area contributed by atoms with Gasteiger partial charge in [0.05, 0.1) is 6.04 Å². The van der Waals surface area contributed by atoms with Crippen molar-refractivity contribution in [3.63, 3.8) is 0 Å². The van der Waals surface area contributed by atoms with Crippen LogP contribution in [0.3, 0.4) is 0 Å². The molecule has 0 spiro atoms. The van der Waals surface area contributed by atoms with E-state index in [2.05, 4.69) is 17.3 Å². The molecule has 1 aliphatic rings. The third-order valence-electron chi connectivity index (χ3n) is 2.82. The van der Waals surface area contributed by atoms with Gasteiger partial charge in [-0.1, -0.05) is 6.92 Å². The normalized spacial score (nSPS) is 20.8. The Morgan fingerprint density at radius 2 is 2.44 bits per heavy atom. The largest absolute Gasteiger partial charge is 0.306 e. The minimum Gasteiger partial charge on any atom is -0.306 e. The van der Waals surface area contributed by atoms with Gasteiger partial charge in [-0.3, -0.25) is 14.4 Å². The third kappa shape index (κ3) is 2.09. The summed E-state index contributed by atoms with van der Waals surface area (Å²) in [5.41, 5.74) is 0. The Hall–Kier alpha value is -1.36. The van der Waals surface area contributed by atoms with Crippen LogP contribution < -0.4 is 10.2 Å². The number of carbonyl (C=O) groups is 1. The van der Waals surface area contributed by atoms with Crippen LogP contribution in [-0.2, 0) is 11.8 Å². The Labute approximate surface area is 95.4 Å². The zero-order valence-corrected chi connectivity index (χ0v) is 9.81. The molecular weight excluding hydrogens is 204 g/mol. The first kappa shape index (κ1) is 11.1. The molecule has 2 heterocycles. The van der Waals surface area contributed by atoms with Gasteiger partial charge in [-0.05, 0) is 19.4 Å². The molecule has 0 bridgehead atoms. The van der Waals surface area contributed by atoms with Crippen LogP contribution in [0.2, 0.25) is 0 Å². The molecule has 1 saturated heterocycles. The fourth-order valence-corrected chi connectivity index (χ4v) is 1.96. The van der Waals surface area contributed by atoms with E-state index in [1.807, 2.05) is 19.3 Å². The molecule has 0 aliphatic carbocycles. The van der Waals surface area contributed by atoms with Crippen molar-refractivity contribution in [1.29, 1.82) is 0 Å². The molecule has 1 unspecified atom stereocenters. The summed E-state index contributed by atoms with van der Waals surface area (Å²) in [7, 11) is 1.86. The van der Waals surface area contributed by atoms with Crippen molar-refractivity contribution < 1.29 is 4.79 Å². The summed E-state index contributed by atoms with van der Waals surface area (Å²) in [5.74, 6) is 0.903. The van der Waals surface area contributed by atoms with Crippen LogP contribution in [0.4, 0.5) is 5.82 Å². The highest BCUT2D eigenvalue weighted by Crippen LogP contribution is 2.19. The molecule has 0 radical (unpaired) electrons. The van der Waals surface area contributed by atoms with Crippen LogP contribution in [0.5, 0.6) is 0 Å². The van der Waals surface area contributed by atoms with E-state index in [4.69, 9.17) is 0 Å². The second-order valence-corrected chi connectivity index (χ2v) is 4.13. The molecule has 1 N–H and O–H groups in total. The van der Waals surface area contributed by atoms with E-state index in [1.54, 1.807) is 9.58 Å². The van der Waals surface area contributed by atoms with Crippen molar-refractivity contribution in [1.82, 2.24) is 15.1 Å². The number of anilines is 1. The Morgan fingerprint density at radius 1 is 1.62 bits per heavy atom. The lowest BCUT2D eigenvalue weighted by atomic mass is 10.2. The number of aryl methyl sites for hydroxylation is 1. The zero-order chi connectivity index (χ0) is 11.5. The Kier molecular flexibility index (Phi) is 3.24. The molecule has 1 amide bonds. The molecule has 16 heavy (non-hydrogen) atoms. The van der Waals surface area contributed by atoms with Crippen molar-refractivity contribution in [2.45, 2.75) is 25.8 Å². The smallest absolute Gasteiger partial charge is 0.245 e. The van der Waals surface area contributed by atoms with E-state index >= 15 is 0 Å². The lowest BCUT2D eigenvalue weighted by Gasteiger charge is -2.14. The van der Waals surface area contributed by atoms with Crippen LogP contribution in [0, 0.1) is 0 Å². The summed E-state index contributed by atoms with van der Waals surface area (Å²) in [6.45, 7) is 3.76. The van der Waals surface area contributed by atoms with Gasteiger partial charge >= 0.3 is 0 Å². The average molecular weight is 222 g/mol. The first-order chi connectivity index (χ1) is 7.72. The molecule has 1 aromatic heterocycles. The van der Waals surface area contributed by atoms with Crippen LogP contribution in [0.15, 0.2) is 12.3 Å². The standard InChI is InChI=1S/C11H18N4O/c1-3-6-12-9-4-8-15(11(9)16)10-5-7-14(2)13-10/h5,7,9,12H,3-4,6,8H2,1-2H3. The maximum atomic E-state index is 12.0. The number of amides is 1. The Balaban J connectivity index is 2.01. The fraction of sp³-hybridized carbons (Fsp3) is 0.636. The number of aromatic nitrogens is 2. The summed E-state index contributed by atoms with van der Waals surface area (Å²) in [5, 5.41) is 7.51. The van der Waals surface area contributed by atoms with Gasteiger partial charge in [0.15, 0.2) is 5.82 Å². The van der Waals surface area contributed by atoms with Gasteiger partial charge in [-0.25, -0.2) is 0 Å². The van der Waals surface area contributed by atoms with Gasteiger partial charge in [0.1, 0.15) is 0 Å². The average Bonchev–Trinajstić information content (AvgIpc) is 2.83. The molecule has 1 aromatic rings. The van der Waals surface area contributed by atoms with Crippen molar-refractivity contribution >= 4 is 11.7 Å². The van der Waals surface area contributed by atoms with Crippen molar-refractivity contribution in [2.24, 2.45) is 7.05 Å². The predicted octanol–water partition coefficient (Wildman–Crippen LogP) is 0.525. The van der Waals surface area contributed by atoms with Gasteiger partial charge in [0, 0.05) is 25.9 Å². The van der Waals surface area contributed by atoms with Crippen LogP contribution in [0.25, 0.3) is 0 Å². The van der Waals surface area contributed by atoms with Crippen molar-refractivity contribution in [3.8, 4) is 0 Å². The van der Waals surface area contributed by atoms with Gasteiger partial charge in [0.25, 0.3) is 0 Å².